The maximum Gasteiger partial charge on any atom is 0.205 e. The number of aliphatic hydroxyl groups is 2. The van der Waals surface area contributed by atoms with E-state index < -0.39 is 6.29 Å². The fourth-order valence-electron chi connectivity index (χ4n) is 0.362. The van der Waals surface area contributed by atoms with Gasteiger partial charge in [-0.1, -0.05) is 0 Å². The zero-order valence-corrected chi connectivity index (χ0v) is 4.80. The summed E-state index contributed by atoms with van der Waals surface area (Å²) in [5.41, 5.74) is 0. The summed E-state index contributed by atoms with van der Waals surface area (Å²) >= 11 is 1.22. The van der Waals surface area contributed by atoms with Gasteiger partial charge in [-0.3, -0.25) is 0 Å². The topological polar surface area (TPSA) is 53.4 Å². The van der Waals surface area contributed by atoms with Crippen LogP contribution in [0, 0.1) is 0 Å². The summed E-state index contributed by atoms with van der Waals surface area (Å²) in [7, 11) is 0. The van der Waals surface area contributed by atoms with Crippen molar-refractivity contribution >= 4 is 11.3 Å². The molecule has 0 aliphatic rings. The van der Waals surface area contributed by atoms with Gasteiger partial charge in [-0.15, -0.1) is 11.3 Å². The van der Waals surface area contributed by atoms with Gasteiger partial charge in [0.15, 0.2) is 0 Å². The van der Waals surface area contributed by atoms with Gasteiger partial charge in [0.2, 0.25) is 6.29 Å². The molecular formula is C4H5NO2S. The number of thiazole rings is 1. The minimum atomic E-state index is -1.41. The highest BCUT2D eigenvalue weighted by molar-refractivity contribution is 7.09. The van der Waals surface area contributed by atoms with Gasteiger partial charge in [0.25, 0.3) is 0 Å². The molecule has 2 N–H and O–H groups in total. The Bertz CT molecular complexity index is 149. The van der Waals surface area contributed by atoms with Crippen molar-refractivity contribution < 1.29 is 10.2 Å². The third-order valence-electron chi connectivity index (χ3n) is 0.672. The molecular weight excluding hydrogens is 126 g/mol. The molecule has 0 atom stereocenters. The van der Waals surface area contributed by atoms with E-state index in [1.165, 1.54) is 17.5 Å². The third-order valence-corrected chi connectivity index (χ3v) is 1.49. The normalized spacial score (nSPS) is 10.4. The zero-order valence-electron chi connectivity index (χ0n) is 3.98. The molecule has 1 rings (SSSR count). The molecule has 0 spiro atoms. The Morgan fingerprint density at radius 1 is 1.62 bits per heavy atom. The lowest BCUT2D eigenvalue weighted by molar-refractivity contribution is -0.0425. The lowest BCUT2D eigenvalue weighted by Crippen LogP contribution is -1.91. The van der Waals surface area contributed by atoms with Crippen LogP contribution in [0.15, 0.2) is 11.6 Å². The maximum absolute atomic E-state index is 8.42. The van der Waals surface area contributed by atoms with Crippen molar-refractivity contribution in [2.45, 2.75) is 6.29 Å². The van der Waals surface area contributed by atoms with E-state index in [1.54, 1.807) is 5.38 Å². The van der Waals surface area contributed by atoms with Crippen molar-refractivity contribution in [1.29, 1.82) is 0 Å². The number of aliphatic hydroxyl groups excluding tert-OH is 1. The van der Waals surface area contributed by atoms with Crippen LogP contribution in [0.3, 0.4) is 0 Å². The first-order chi connectivity index (χ1) is 3.80. The third kappa shape index (κ3) is 1.03. The van der Waals surface area contributed by atoms with E-state index in [4.69, 9.17) is 10.2 Å². The number of nitrogens with zero attached hydrogens (tertiary/aromatic N) is 1. The summed E-state index contributed by atoms with van der Waals surface area (Å²) in [6, 6.07) is 0. The molecule has 0 saturated heterocycles. The van der Waals surface area contributed by atoms with Gasteiger partial charge in [-0.05, 0) is 0 Å². The molecule has 0 radical (unpaired) electrons. The summed E-state index contributed by atoms with van der Waals surface area (Å²) < 4.78 is 0. The standard InChI is InChI=1S/C4H5NO2S/c6-4(7)3-5-1-2-8-3/h1-2,4,6-7H. The molecule has 0 amide bonds. The average molecular weight is 131 g/mol. The first-order valence-electron chi connectivity index (χ1n) is 2.06. The van der Waals surface area contributed by atoms with Gasteiger partial charge in [0.1, 0.15) is 5.01 Å². The van der Waals surface area contributed by atoms with Crippen LogP contribution in [0.5, 0.6) is 0 Å². The van der Waals surface area contributed by atoms with Crippen LogP contribution in [0.1, 0.15) is 11.3 Å². The van der Waals surface area contributed by atoms with Crippen molar-refractivity contribution in [3.05, 3.63) is 16.6 Å². The van der Waals surface area contributed by atoms with Crippen LogP contribution in [-0.4, -0.2) is 15.2 Å². The van der Waals surface area contributed by atoms with Crippen LogP contribution < -0.4 is 0 Å². The van der Waals surface area contributed by atoms with E-state index in [0.717, 1.165) is 0 Å². The SMILES string of the molecule is OC(O)c1nccs1. The summed E-state index contributed by atoms with van der Waals surface area (Å²) in [6.45, 7) is 0. The average Bonchev–Trinajstić information content (AvgIpc) is 2.12. The van der Waals surface area contributed by atoms with Gasteiger partial charge < -0.3 is 10.2 Å². The Balaban J connectivity index is 2.77. The summed E-state index contributed by atoms with van der Waals surface area (Å²) in [6.07, 6.45) is 0.120. The maximum atomic E-state index is 8.42. The zero-order chi connectivity index (χ0) is 5.98. The quantitative estimate of drug-likeness (QED) is 0.532. The smallest absolute Gasteiger partial charge is 0.205 e. The highest BCUT2D eigenvalue weighted by atomic mass is 32.1. The Labute approximate surface area is 50.2 Å². The number of rotatable bonds is 1. The van der Waals surface area contributed by atoms with Gasteiger partial charge >= 0.3 is 0 Å². The van der Waals surface area contributed by atoms with Crippen molar-refractivity contribution in [3.63, 3.8) is 0 Å². The van der Waals surface area contributed by atoms with Gasteiger partial charge in [0, 0.05) is 11.6 Å². The Morgan fingerprint density at radius 2 is 2.38 bits per heavy atom. The second-order valence-corrected chi connectivity index (χ2v) is 2.17. The number of aromatic nitrogens is 1. The van der Waals surface area contributed by atoms with Gasteiger partial charge in [0.05, 0.1) is 0 Å². The first-order valence-corrected chi connectivity index (χ1v) is 2.94. The van der Waals surface area contributed by atoms with Gasteiger partial charge in [-0.25, -0.2) is 4.98 Å². The molecule has 1 heterocycles. The molecule has 8 heavy (non-hydrogen) atoms. The largest absolute Gasteiger partial charge is 0.363 e. The predicted molar refractivity (Wildman–Crippen MR) is 29.3 cm³/mol. The highest BCUT2D eigenvalue weighted by Gasteiger charge is 2.01. The molecule has 0 bridgehead atoms. The van der Waals surface area contributed by atoms with E-state index in [-0.39, 0.29) is 0 Å². The Hall–Kier alpha value is -0.450. The molecule has 0 aliphatic carbocycles. The van der Waals surface area contributed by atoms with Gasteiger partial charge in [-0.2, -0.15) is 0 Å². The van der Waals surface area contributed by atoms with Crippen molar-refractivity contribution in [2.24, 2.45) is 0 Å². The second-order valence-electron chi connectivity index (χ2n) is 1.24. The Kier molecular flexibility index (Phi) is 1.57. The van der Waals surface area contributed by atoms with Crippen molar-refractivity contribution in [2.75, 3.05) is 0 Å². The number of hydrogen-bond acceptors (Lipinski definition) is 4. The first kappa shape index (κ1) is 5.68. The number of hydrogen-bond donors (Lipinski definition) is 2. The molecule has 0 fully saturated rings. The Morgan fingerprint density at radius 3 is 2.62 bits per heavy atom. The van der Waals surface area contributed by atoms with Crippen LogP contribution in [0.25, 0.3) is 0 Å². The monoisotopic (exact) mass is 131 g/mol. The molecule has 0 aliphatic heterocycles. The van der Waals surface area contributed by atoms with Crippen LogP contribution >= 0.6 is 11.3 Å². The molecule has 3 nitrogen and oxygen atoms in total. The summed E-state index contributed by atoms with van der Waals surface area (Å²) in [5.74, 6) is 0. The molecule has 44 valence electrons. The second kappa shape index (κ2) is 2.21. The molecule has 0 unspecified atom stereocenters. The highest BCUT2D eigenvalue weighted by Crippen LogP contribution is 2.10. The van der Waals surface area contributed by atoms with Crippen molar-refractivity contribution in [1.82, 2.24) is 4.98 Å². The fourth-order valence-corrected chi connectivity index (χ4v) is 0.867. The molecule has 4 heteroatoms. The van der Waals surface area contributed by atoms with E-state index >= 15 is 0 Å². The summed E-state index contributed by atoms with van der Waals surface area (Å²) in [5, 5.41) is 18.9. The molecule has 0 saturated carbocycles. The van der Waals surface area contributed by atoms with E-state index in [1.807, 2.05) is 0 Å². The summed E-state index contributed by atoms with van der Waals surface area (Å²) in [4.78, 5) is 3.63. The fraction of sp³-hybridized carbons (Fsp3) is 0.250. The minimum absolute atomic E-state index is 0.338. The lowest BCUT2D eigenvalue weighted by Gasteiger charge is -1.92. The molecule has 1 aromatic heterocycles. The van der Waals surface area contributed by atoms with Crippen molar-refractivity contribution in [3.8, 4) is 0 Å². The van der Waals surface area contributed by atoms with Crippen LogP contribution in [0.4, 0.5) is 0 Å². The van der Waals surface area contributed by atoms with E-state index in [2.05, 4.69) is 4.98 Å². The van der Waals surface area contributed by atoms with Crippen LogP contribution in [0.2, 0.25) is 0 Å². The molecule has 0 aromatic carbocycles. The minimum Gasteiger partial charge on any atom is -0.363 e. The van der Waals surface area contributed by atoms with E-state index in [9.17, 15) is 0 Å². The van der Waals surface area contributed by atoms with Crippen LogP contribution in [-0.2, 0) is 0 Å². The lowest BCUT2D eigenvalue weighted by atomic mass is 10.7. The van der Waals surface area contributed by atoms with E-state index in [0.29, 0.717) is 5.01 Å². The predicted octanol–water partition coefficient (Wildman–Crippen LogP) is 0.126. The molecule has 1 aromatic rings.